The van der Waals surface area contributed by atoms with Crippen LogP contribution in [0.4, 0.5) is 49.4 Å². The van der Waals surface area contributed by atoms with Gasteiger partial charge in [0.1, 0.15) is 4.88 Å². The molecule has 2 N–H and O–H groups in total. The van der Waals surface area contributed by atoms with Crippen molar-refractivity contribution in [2.24, 2.45) is 5.10 Å². The van der Waals surface area contributed by atoms with Crippen molar-refractivity contribution in [1.82, 2.24) is 15.7 Å². The van der Waals surface area contributed by atoms with Crippen LogP contribution in [0.3, 0.4) is 0 Å². The smallest absolute Gasteiger partial charge is 0.273 e. The summed E-state index contributed by atoms with van der Waals surface area (Å²) in [6.07, 6.45) is -13.8. The van der Waals surface area contributed by atoms with E-state index in [1.807, 2.05) is 0 Å². The van der Waals surface area contributed by atoms with E-state index in [1.165, 1.54) is 6.07 Å². The highest BCUT2D eigenvalue weighted by Gasteiger charge is 2.40. The molecule has 3 rings (SSSR count). The summed E-state index contributed by atoms with van der Waals surface area (Å²) in [5.74, 6) is -2.64. The van der Waals surface area contributed by atoms with E-state index in [1.54, 1.807) is 10.7 Å². The molecule has 2 aromatic carbocycles. The molecule has 218 valence electrons. The summed E-state index contributed by atoms with van der Waals surface area (Å²) in [5, 5.41) is 4.42. The fourth-order valence-electron chi connectivity index (χ4n) is 2.96. The van der Waals surface area contributed by atoms with Crippen molar-refractivity contribution < 1.29 is 53.9 Å². The van der Waals surface area contributed by atoms with E-state index in [0.717, 1.165) is 37.5 Å². The van der Waals surface area contributed by atoms with Crippen molar-refractivity contribution >= 4 is 40.5 Å². The van der Waals surface area contributed by atoms with E-state index in [9.17, 15) is 53.9 Å². The van der Waals surface area contributed by atoms with Gasteiger partial charge in [0.15, 0.2) is 10.8 Å². The van der Waals surface area contributed by atoms with Crippen LogP contribution < -0.4 is 15.6 Å². The third-order valence-electron chi connectivity index (χ3n) is 4.97. The van der Waals surface area contributed by atoms with Crippen molar-refractivity contribution in [2.45, 2.75) is 18.5 Å². The van der Waals surface area contributed by atoms with Crippen molar-refractivity contribution in [3.63, 3.8) is 0 Å². The number of urea groups is 1. The fourth-order valence-corrected chi connectivity index (χ4v) is 3.90. The number of hydrogen-bond donors (Lipinski definition) is 2. The SMILES string of the molecule is CN(C(=O)NC(=O)c1ccc(C(F)(F)F)cc1)c1nc(C(F)(F)F)c(C(=O)N/N=C/c2cccc(C(F)(F)F)c2)s1. The van der Waals surface area contributed by atoms with Crippen LogP contribution >= 0.6 is 11.3 Å². The normalized spacial score (nSPS) is 12.3. The molecule has 18 heteroatoms. The first-order valence-corrected chi connectivity index (χ1v) is 11.5. The zero-order valence-electron chi connectivity index (χ0n) is 20.1. The predicted molar refractivity (Wildman–Crippen MR) is 126 cm³/mol. The summed E-state index contributed by atoms with van der Waals surface area (Å²) < 4.78 is 117. The van der Waals surface area contributed by atoms with Gasteiger partial charge in [-0.3, -0.25) is 19.8 Å². The van der Waals surface area contributed by atoms with Gasteiger partial charge in [0, 0.05) is 12.6 Å². The quantitative estimate of drug-likeness (QED) is 0.212. The Labute approximate surface area is 227 Å². The third-order valence-corrected chi connectivity index (χ3v) is 6.10. The minimum Gasteiger partial charge on any atom is -0.273 e. The van der Waals surface area contributed by atoms with E-state index in [0.29, 0.717) is 23.1 Å². The number of aromatic nitrogens is 1. The second kappa shape index (κ2) is 11.6. The summed E-state index contributed by atoms with van der Waals surface area (Å²) in [6, 6.07) is 5.09. The number of hydrazone groups is 1. The van der Waals surface area contributed by atoms with Gasteiger partial charge in [-0.2, -0.15) is 44.6 Å². The lowest BCUT2D eigenvalue weighted by atomic mass is 10.1. The van der Waals surface area contributed by atoms with Crippen molar-refractivity contribution in [3.8, 4) is 0 Å². The maximum absolute atomic E-state index is 13.5. The van der Waals surface area contributed by atoms with Gasteiger partial charge < -0.3 is 0 Å². The minimum atomic E-state index is -5.19. The van der Waals surface area contributed by atoms with Gasteiger partial charge in [0.25, 0.3) is 11.8 Å². The number of thiazole rings is 1. The molecule has 0 bridgehead atoms. The van der Waals surface area contributed by atoms with Gasteiger partial charge in [-0.15, -0.1) is 0 Å². The van der Waals surface area contributed by atoms with Crippen molar-refractivity contribution in [1.29, 1.82) is 0 Å². The molecule has 1 aromatic heterocycles. The average molecular weight is 611 g/mol. The average Bonchev–Trinajstić information content (AvgIpc) is 3.34. The van der Waals surface area contributed by atoms with Gasteiger partial charge >= 0.3 is 24.6 Å². The Bertz CT molecular complexity index is 1480. The number of alkyl halides is 9. The maximum Gasteiger partial charge on any atom is 0.435 e. The molecule has 0 aliphatic rings. The topological polar surface area (TPSA) is 104 Å². The first kappa shape index (κ1) is 31.1. The number of hydrogen-bond acceptors (Lipinski definition) is 6. The highest BCUT2D eigenvalue weighted by molar-refractivity contribution is 7.17. The summed E-state index contributed by atoms with van der Waals surface area (Å²) in [5.41, 5.74) is -2.58. The summed E-state index contributed by atoms with van der Waals surface area (Å²) >= 11 is 0.0735. The van der Waals surface area contributed by atoms with Gasteiger partial charge in [0.2, 0.25) is 0 Å². The molecule has 1 heterocycles. The summed E-state index contributed by atoms with van der Waals surface area (Å²) in [4.78, 5) is 39.7. The van der Waals surface area contributed by atoms with Gasteiger partial charge in [-0.1, -0.05) is 23.5 Å². The highest BCUT2D eigenvalue weighted by atomic mass is 32.1. The Balaban J connectivity index is 1.76. The van der Waals surface area contributed by atoms with Crippen LogP contribution in [0.25, 0.3) is 0 Å². The highest BCUT2D eigenvalue weighted by Crippen LogP contribution is 2.37. The molecule has 0 radical (unpaired) electrons. The van der Waals surface area contributed by atoms with Crippen LogP contribution in [0.15, 0.2) is 53.6 Å². The molecule has 0 fully saturated rings. The number of carbonyl (C=O) groups excluding carboxylic acids is 3. The molecule has 0 saturated heterocycles. The molecule has 4 amide bonds. The monoisotopic (exact) mass is 611 g/mol. The Morgan fingerprint density at radius 1 is 0.854 bits per heavy atom. The first-order valence-electron chi connectivity index (χ1n) is 10.7. The molecule has 0 atom stereocenters. The lowest BCUT2D eigenvalue weighted by Crippen LogP contribution is -2.40. The molecule has 3 aromatic rings. The lowest BCUT2D eigenvalue weighted by molar-refractivity contribution is -0.141. The second-order valence-corrected chi connectivity index (χ2v) is 8.87. The van der Waals surface area contributed by atoms with Gasteiger partial charge in [-0.25, -0.2) is 15.2 Å². The molecular formula is C23H14F9N5O3S. The van der Waals surface area contributed by atoms with Crippen LogP contribution in [0.5, 0.6) is 0 Å². The zero-order valence-corrected chi connectivity index (χ0v) is 20.9. The van der Waals surface area contributed by atoms with E-state index >= 15 is 0 Å². The maximum atomic E-state index is 13.5. The van der Waals surface area contributed by atoms with Crippen molar-refractivity contribution in [2.75, 3.05) is 11.9 Å². The van der Waals surface area contributed by atoms with Crippen LogP contribution in [-0.4, -0.2) is 36.1 Å². The lowest BCUT2D eigenvalue weighted by Gasteiger charge is -2.14. The molecule has 0 spiro atoms. The molecule has 0 unspecified atom stereocenters. The zero-order chi connectivity index (χ0) is 30.8. The molecule has 41 heavy (non-hydrogen) atoms. The van der Waals surface area contributed by atoms with Gasteiger partial charge in [-0.05, 0) is 42.0 Å². The van der Waals surface area contributed by atoms with Crippen LogP contribution in [0.1, 0.15) is 42.4 Å². The van der Waals surface area contributed by atoms with Crippen LogP contribution in [0.2, 0.25) is 0 Å². The number of amides is 4. The Kier molecular flexibility index (Phi) is 8.75. The van der Waals surface area contributed by atoms with Crippen LogP contribution in [-0.2, 0) is 18.5 Å². The predicted octanol–water partition coefficient (Wildman–Crippen LogP) is 5.95. The van der Waals surface area contributed by atoms with E-state index < -0.39 is 63.2 Å². The van der Waals surface area contributed by atoms with E-state index in [4.69, 9.17) is 0 Å². The summed E-state index contributed by atoms with van der Waals surface area (Å²) in [6.45, 7) is 0. The number of halogens is 9. The minimum absolute atomic E-state index is 0.0735. The Morgan fingerprint density at radius 3 is 2.02 bits per heavy atom. The molecule has 0 saturated carbocycles. The van der Waals surface area contributed by atoms with Crippen molar-refractivity contribution in [3.05, 3.63) is 81.4 Å². The van der Waals surface area contributed by atoms with E-state index in [-0.39, 0.29) is 22.5 Å². The first-order chi connectivity index (χ1) is 18.9. The molecule has 0 aliphatic heterocycles. The second-order valence-electron chi connectivity index (χ2n) is 7.89. The van der Waals surface area contributed by atoms with Crippen LogP contribution in [0, 0.1) is 0 Å². The number of rotatable bonds is 5. The standard InChI is InChI=1S/C23H14F9N5O3S/c1-37(19(40)35-17(38)12-5-7-13(8-6-12)21(24,25)26)20-34-16(23(30,31)32)15(41-20)18(39)36-33-10-11-3-2-4-14(9-11)22(27,28)29/h2-10H,1H3,(H,36,39)(H,35,38,40)/b33-10+. The van der Waals surface area contributed by atoms with Gasteiger partial charge in [0.05, 0.1) is 17.3 Å². The number of benzene rings is 2. The number of nitrogens with one attached hydrogen (secondary N) is 2. The number of carbonyl (C=O) groups is 3. The molecule has 8 nitrogen and oxygen atoms in total. The summed E-state index contributed by atoms with van der Waals surface area (Å²) in [7, 11) is 0.905. The molecule has 0 aliphatic carbocycles. The number of imide groups is 1. The molecular weight excluding hydrogens is 597 g/mol. The fraction of sp³-hybridized carbons (Fsp3) is 0.174. The Morgan fingerprint density at radius 2 is 1.46 bits per heavy atom. The Hall–Kier alpha value is -4.48. The van der Waals surface area contributed by atoms with E-state index in [2.05, 4.69) is 10.1 Å². The number of anilines is 1. The number of nitrogens with zero attached hydrogens (tertiary/aromatic N) is 3. The third kappa shape index (κ3) is 7.80. The largest absolute Gasteiger partial charge is 0.435 e.